The number of piperazine rings is 1. The van der Waals surface area contributed by atoms with Crippen LogP contribution < -0.4 is 10.6 Å². The molecular formula is C15H20N2O2S2. The fraction of sp³-hybridized carbons (Fsp3) is 0.467. The zero-order chi connectivity index (χ0) is 15.1. The molecule has 0 spiro atoms. The number of carbonyl (C=O) groups excluding carboxylic acids is 2. The van der Waals surface area contributed by atoms with Gasteiger partial charge in [-0.25, -0.2) is 0 Å². The van der Waals surface area contributed by atoms with E-state index in [2.05, 4.69) is 10.6 Å². The molecule has 21 heavy (non-hydrogen) atoms. The van der Waals surface area contributed by atoms with Gasteiger partial charge in [0.2, 0.25) is 11.8 Å². The number of amides is 2. The van der Waals surface area contributed by atoms with Crippen LogP contribution in [-0.4, -0.2) is 41.7 Å². The molecule has 1 aromatic carbocycles. The van der Waals surface area contributed by atoms with Crippen molar-refractivity contribution in [1.29, 1.82) is 0 Å². The summed E-state index contributed by atoms with van der Waals surface area (Å²) in [4.78, 5) is 25.1. The lowest BCUT2D eigenvalue weighted by molar-refractivity contribution is -0.136. The van der Waals surface area contributed by atoms with Crippen LogP contribution in [0.2, 0.25) is 0 Å². The van der Waals surface area contributed by atoms with Gasteiger partial charge in [0, 0.05) is 10.6 Å². The predicted octanol–water partition coefficient (Wildman–Crippen LogP) is 1.91. The second kappa shape index (κ2) is 8.34. The van der Waals surface area contributed by atoms with E-state index in [1.807, 2.05) is 36.6 Å². The van der Waals surface area contributed by atoms with Crippen LogP contribution in [0.5, 0.6) is 0 Å². The van der Waals surface area contributed by atoms with Crippen molar-refractivity contribution in [1.82, 2.24) is 10.6 Å². The molecule has 2 atom stereocenters. The average Bonchev–Trinajstić information content (AvgIpc) is 2.50. The van der Waals surface area contributed by atoms with E-state index in [4.69, 9.17) is 0 Å². The number of carbonyl (C=O) groups is 2. The molecule has 2 amide bonds. The van der Waals surface area contributed by atoms with E-state index in [0.717, 1.165) is 11.5 Å². The summed E-state index contributed by atoms with van der Waals surface area (Å²) in [5.41, 5.74) is 0. The van der Waals surface area contributed by atoms with E-state index in [-0.39, 0.29) is 17.9 Å². The molecule has 1 saturated heterocycles. The molecule has 1 aliphatic rings. The first-order chi connectivity index (χ1) is 10.2. The summed E-state index contributed by atoms with van der Waals surface area (Å²) >= 11 is 3.37. The zero-order valence-corrected chi connectivity index (χ0v) is 13.6. The van der Waals surface area contributed by atoms with Crippen LogP contribution in [-0.2, 0) is 9.59 Å². The summed E-state index contributed by atoms with van der Waals surface area (Å²) in [5.74, 6) is 1.55. The molecule has 0 saturated carbocycles. The molecule has 0 unspecified atom stereocenters. The van der Waals surface area contributed by atoms with Gasteiger partial charge in [0.15, 0.2) is 0 Å². The minimum absolute atomic E-state index is 0.0571. The van der Waals surface area contributed by atoms with Crippen LogP contribution in [0.3, 0.4) is 0 Å². The second-order valence-electron chi connectivity index (χ2n) is 4.85. The van der Waals surface area contributed by atoms with Crippen LogP contribution >= 0.6 is 23.5 Å². The van der Waals surface area contributed by atoms with Gasteiger partial charge in [-0.2, -0.15) is 11.8 Å². The lowest BCUT2D eigenvalue weighted by Crippen LogP contribution is -2.61. The quantitative estimate of drug-likeness (QED) is 0.752. The first-order valence-corrected chi connectivity index (χ1v) is 9.36. The summed E-state index contributed by atoms with van der Waals surface area (Å²) in [6, 6.07) is 9.28. The molecule has 0 radical (unpaired) electrons. The molecule has 0 aromatic heterocycles. The number of rotatable bonds is 7. The summed E-state index contributed by atoms with van der Waals surface area (Å²) in [6.45, 7) is 0. The highest BCUT2D eigenvalue weighted by molar-refractivity contribution is 7.99. The summed E-state index contributed by atoms with van der Waals surface area (Å²) in [6.07, 6.45) is 3.32. The molecule has 6 heteroatoms. The van der Waals surface area contributed by atoms with E-state index in [9.17, 15) is 9.59 Å². The number of thioether (sulfide) groups is 2. The van der Waals surface area contributed by atoms with Crippen LogP contribution in [0, 0.1) is 0 Å². The normalized spacial score (nSPS) is 21.8. The minimum atomic E-state index is -0.403. The largest absolute Gasteiger partial charge is 0.342 e. The highest BCUT2D eigenvalue weighted by Crippen LogP contribution is 2.19. The van der Waals surface area contributed by atoms with Crippen molar-refractivity contribution in [3.05, 3.63) is 30.3 Å². The lowest BCUT2D eigenvalue weighted by atomic mass is 10.1. The Kier molecular flexibility index (Phi) is 6.45. The average molecular weight is 324 g/mol. The van der Waals surface area contributed by atoms with E-state index in [1.165, 1.54) is 4.90 Å². The third kappa shape index (κ3) is 4.97. The van der Waals surface area contributed by atoms with Crippen molar-refractivity contribution >= 4 is 35.3 Å². The number of hydrogen-bond donors (Lipinski definition) is 2. The number of benzene rings is 1. The van der Waals surface area contributed by atoms with Crippen molar-refractivity contribution < 1.29 is 9.59 Å². The van der Waals surface area contributed by atoms with E-state index in [0.29, 0.717) is 12.8 Å². The van der Waals surface area contributed by atoms with E-state index >= 15 is 0 Å². The summed E-state index contributed by atoms with van der Waals surface area (Å²) < 4.78 is 0. The number of nitrogens with one attached hydrogen (secondary N) is 2. The van der Waals surface area contributed by atoms with Crippen molar-refractivity contribution in [2.75, 3.05) is 17.8 Å². The van der Waals surface area contributed by atoms with Gasteiger partial charge in [-0.1, -0.05) is 18.2 Å². The molecule has 0 aliphatic carbocycles. The Morgan fingerprint density at radius 3 is 2.10 bits per heavy atom. The van der Waals surface area contributed by atoms with E-state index in [1.54, 1.807) is 23.5 Å². The third-order valence-corrected chi connectivity index (χ3v) is 4.98. The molecule has 2 rings (SSSR count). The van der Waals surface area contributed by atoms with Crippen molar-refractivity contribution in [2.24, 2.45) is 0 Å². The Morgan fingerprint density at radius 2 is 1.52 bits per heavy atom. The highest BCUT2D eigenvalue weighted by atomic mass is 32.2. The SMILES string of the molecule is CSCC[C@H]1NC(=O)[C@@H](CCSc2ccccc2)NC1=O. The lowest BCUT2D eigenvalue weighted by Gasteiger charge is -2.29. The van der Waals surface area contributed by atoms with Gasteiger partial charge in [0.05, 0.1) is 0 Å². The standard InChI is InChI=1S/C15H20N2O2S2/c1-20-9-7-12-14(18)17-13(15(19)16-12)8-10-21-11-5-3-2-4-6-11/h2-6,12-13H,7-10H2,1H3,(H,16,19)(H,17,18)/t12-,13-/m1/s1. The van der Waals surface area contributed by atoms with Crippen LogP contribution in [0.25, 0.3) is 0 Å². The molecule has 2 N–H and O–H groups in total. The van der Waals surface area contributed by atoms with Crippen LogP contribution in [0.1, 0.15) is 12.8 Å². The second-order valence-corrected chi connectivity index (χ2v) is 7.01. The molecule has 0 bridgehead atoms. The van der Waals surface area contributed by atoms with Gasteiger partial charge in [-0.3, -0.25) is 9.59 Å². The fourth-order valence-corrected chi connectivity index (χ4v) is 3.54. The minimum Gasteiger partial charge on any atom is -0.342 e. The Hall–Kier alpha value is -1.14. The maximum absolute atomic E-state index is 12.0. The Bertz CT molecular complexity index is 482. The van der Waals surface area contributed by atoms with Gasteiger partial charge < -0.3 is 10.6 Å². The van der Waals surface area contributed by atoms with Crippen molar-refractivity contribution in [3.8, 4) is 0 Å². The van der Waals surface area contributed by atoms with Gasteiger partial charge in [-0.15, -0.1) is 11.8 Å². The predicted molar refractivity (Wildman–Crippen MR) is 88.6 cm³/mol. The Morgan fingerprint density at radius 1 is 0.952 bits per heavy atom. The molecular weight excluding hydrogens is 304 g/mol. The smallest absolute Gasteiger partial charge is 0.243 e. The number of hydrogen-bond acceptors (Lipinski definition) is 4. The Balaban J connectivity index is 1.77. The monoisotopic (exact) mass is 324 g/mol. The Labute approximate surface area is 133 Å². The van der Waals surface area contributed by atoms with Crippen molar-refractivity contribution in [3.63, 3.8) is 0 Å². The first kappa shape index (κ1) is 16.2. The van der Waals surface area contributed by atoms with Gasteiger partial charge >= 0.3 is 0 Å². The maximum atomic E-state index is 12.0. The first-order valence-electron chi connectivity index (χ1n) is 6.98. The van der Waals surface area contributed by atoms with Gasteiger partial charge in [0.1, 0.15) is 12.1 Å². The molecule has 114 valence electrons. The van der Waals surface area contributed by atoms with Gasteiger partial charge in [0.25, 0.3) is 0 Å². The molecule has 1 aromatic rings. The zero-order valence-electron chi connectivity index (χ0n) is 12.0. The molecule has 4 nitrogen and oxygen atoms in total. The van der Waals surface area contributed by atoms with Gasteiger partial charge in [-0.05, 0) is 37.0 Å². The summed E-state index contributed by atoms with van der Waals surface area (Å²) in [7, 11) is 0. The van der Waals surface area contributed by atoms with Crippen LogP contribution in [0.4, 0.5) is 0 Å². The van der Waals surface area contributed by atoms with Crippen LogP contribution in [0.15, 0.2) is 35.2 Å². The highest BCUT2D eigenvalue weighted by Gasteiger charge is 2.32. The maximum Gasteiger partial charge on any atom is 0.243 e. The molecule has 1 aliphatic heterocycles. The van der Waals surface area contributed by atoms with E-state index < -0.39 is 6.04 Å². The fourth-order valence-electron chi connectivity index (χ4n) is 2.13. The topological polar surface area (TPSA) is 58.2 Å². The third-order valence-electron chi connectivity index (χ3n) is 3.30. The molecule has 1 heterocycles. The summed E-state index contributed by atoms with van der Waals surface area (Å²) in [5, 5.41) is 5.66. The molecule has 1 fully saturated rings. The van der Waals surface area contributed by atoms with Crippen molar-refractivity contribution in [2.45, 2.75) is 29.8 Å².